The zero-order chi connectivity index (χ0) is 21.6. The summed E-state index contributed by atoms with van der Waals surface area (Å²) in [6.07, 6.45) is -3.47. The first-order valence-corrected chi connectivity index (χ1v) is 10.1. The van der Waals surface area contributed by atoms with Gasteiger partial charge in [0.2, 0.25) is 5.75 Å². The molecule has 0 amide bonds. The summed E-state index contributed by atoms with van der Waals surface area (Å²) in [6.45, 7) is 1.26. The van der Waals surface area contributed by atoms with Crippen molar-refractivity contribution in [2.45, 2.75) is 56.3 Å². The summed E-state index contributed by atoms with van der Waals surface area (Å²) in [5, 5.41) is 51.7. The molecule has 10 nitrogen and oxygen atoms in total. The summed E-state index contributed by atoms with van der Waals surface area (Å²) < 4.78 is 16.3. The molecule has 0 saturated carbocycles. The number of carbonyl (C=O) groups excluding carboxylic acids is 1. The Labute approximate surface area is 173 Å². The van der Waals surface area contributed by atoms with Crippen LogP contribution in [0.1, 0.15) is 46.9 Å². The first kappa shape index (κ1) is 21.1. The number of carbonyl (C=O) groups is 1. The van der Waals surface area contributed by atoms with Crippen molar-refractivity contribution in [3.8, 4) is 17.2 Å². The monoisotopic (exact) mass is 425 g/mol. The average Bonchev–Trinajstić information content (AvgIpc) is 2.74. The molecule has 0 radical (unpaired) electrons. The van der Waals surface area contributed by atoms with Crippen molar-refractivity contribution in [1.82, 2.24) is 4.90 Å². The highest BCUT2D eigenvalue weighted by Crippen LogP contribution is 2.52. The predicted octanol–water partition coefficient (Wildman–Crippen LogP) is -0.215. The zero-order valence-electron chi connectivity index (χ0n) is 16.7. The molecule has 166 valence electrons. The molecule has 3 heterocycles. The van der Waals surface area contributed by atoms with Crippen LogP contribution in [0.15, 0.2) is 0 Å². The van der Waals surface area contributed by atoms with E-state index in [2.05, 4.69) is 4.90 Å². The third-order valence-electron chi connectivity index (χ3n) is 6.18. The number of aromatic hydroxyl groups is 2. The molecular formula is C20H27NO9. The van der Waals surface area contributed by atoms with Crippen molar-refractivity contribution < 1.29 is 44.5 Å². The molecule has 1 aromatic rings. The van der Waals surface area contributed by atoms with Crippen molar-refractivity contribution in [3.63, 3.8) is 0 Å². The molecule has 4 rings (SSSR count). The van der Waals surface area contributed by atoms with E-state index in [4.69, 9.17) is 14.2 Å². The highest BCUT2D eigenvalue weighted by molar-refractivity contribution is 5.97. The number of benzene rings is 1. The first-order chi connectivity index (χ1) is 14.4. The third kappa shape index (κ3) is 3.28. The number of aliphatic hydroxyl groups is 3. The Morgan fingerprint density at radius 2 is 1.80 bits per heavy atom. The van der Waals surface area contributed by atoms with Gasteiger partial charge in [0.15, 0.2) is 17.6 Å². The van der Waals surface area contributed by atoms with Crippen LogP contribution in [0.4, 0.5) is 0 Å². The SMILES string of the molecule is COc1c(O)c(CN2CCCCC2)c2c(c1O)[C@H]1O[C@H](CO)[C@@H](O)[C@H](O)[C@H]1OC2=O. The second kappa shape index (κ2) is 8.20. The summed E-state index contributed by atoms with van der Waals surface area (Å²) in [6, 6.07) is 0. The Hall–Kier alpha value is -2.11. The number of nitrogens with zero attached hydrogens (tertiary/aromatic N) is 1. The summed E-state index contributed by atoms with van der Waals surface area (Å²) >= 11 is 0. The smallest absolute Gasteiger partial charge is 0.339 e. The molecule has 2 saturated heterocycles. The van der Waals surface area contributed by atoms with Crippen molar-refractivity contribution in [2.24, 2.45) is 0 Å². The van der Waals surface area contributed by atoms with Gasteiger partial charge in [-0.3, -0.25) is 4.90 Å². The molecule has 2 fully saturated rings. The lowest BCUT2D eigenvalue weighted by Gasteiger charge is -2.45. The van der Waals surface area contributed by atoms with Gasteiger partial charge in [-0.05, 0) is 25.9 Å². The van der Waals surface area contributed by atoms with Gasteiger partial charge in [-0.1, -0.05) is 6.42 Å². The van der Waals surface area contributed by atoms with E-state index in [1.54, 1.807) is 0 Å². The zero-order valence-corrected chi connectivity index (χ0v) is 16.7. The summed E-state index contributed by atoms with van der Waals surface area (Å²) in [5.41, 5.74) is 0.218. The highest BCUT2D eigenvalue weighted by atomic mass is 16.6. The van der Waals surface area contributed by atoms with Crippen molar-refractivity contribution in [2.75, 3.05) is 26.8 Å². The Bertz CT molecular complexity index is 823. The lowest BCUT2D eigenvalue weighted by molar-refractivity contribution is -0.235. The molecule has 0 spiro atoms. The fourth-order valence-electron chi connectivity index (χ4n) is 4.61. The maximum absolute atomic E-state index is 12.9. The molecule has 3 aliphatic heterocycles. The third-order valence-corrected chi connectivity index (χ3v) is 6.18. The molecule has 0 aliphatic carbocycles. The van der Waals surface area contributed by atoms with E-state index in [0.29, 0.717) is 0 Å². The van der Waals surface area contributed by atoms with Gasteiger partial charge in [0.25, 0.3) is 0 Å². The normalized spacial score (nSPS) is 31.6. The Balaban J connectivity index is 1.85. The number of hydrogen-bond donors (Lipinski definition) is 5. The average molecular weight is 425 g/mol. The van der Waals surface area contributed by atoms with E-state index in [1.807, 2.05) is 0 Å². The van der Waals surface area contributed by atoms with Crippen LogP contribution in [0.2, 0.25) is 0 Å². The Kier molecular flexibility index (Phi) is 5.78. The fourth-order valence-corrected chi connectivity index (χ4v) is 4.61. The number of aliphatic hydroxyl groups excluding tert-OH is 3. The van der Waals surface area contributed by atoms with Crippen molar-refractivity contribution in [3.05, 3.63) is 16.7 Å². The predicted molar refractivity (Wildman–Crippen MR) is 101 cm³/mol. The fraction of sp³-hybridized carbons (Fsp3) is 0.650. The number of phenolic OH excluding ortho intramolecular Hbond substituents is 2. The lowest BCUT2D eigenvalue weighted by atomic mass is 9.84. The second-order valence-corrected chi connectivity index (χ2v) is 7.96. The van der Waals surface area contributed by atoms with Gasteiger partial charge in [0.05, 0.1) is 19.3 Å². The minimum absolute atomic E-state index is 0.0160. The first-order valence-electron chi connectivity index (χ1n) is 10.1. The summed E-state index contributed by atoms with van der Waals surface area (Å²) in [5.74, 6) is -1.91. The lowest BCUT2D eigenvalue weighted by Crippen LogP contribution is -2.58. The minimum atomic E-state index is -1.53. The molecule has 30 heavy (non-hydrogen) atoms. The van der Waals surface area contributed by atoms with E-state index in [1.165, 1.54) is 7.11 Å². The molecule has 1 aromatic carbocycles. The number of likely N-dealkylation sites (tertiary alicyclic amines) is 1. The van der Waals surface area contributed by atoms with Crippen LogP contribution >= 0.6 is 0 Å². The van der Waals surface area contributed by atoms with Crippen molar-refractivity contribution in [1.29, 1.82) is 0 Å². The quantitative estimate of drug-likeness (QED) is 0.410. The molecule has 0 unspecified atom stereocenters. The number of rotatable bonds is 4. The van der Waals surface area contributed by atoms with Gasteiger partial charge in [-0.15, -0.1) is 0 Å². The van der Waals surface area contributed by atoms with E-state index in [0.717, 1.165) is 32.4 Å². The van der Waals surface area contributed by atoms with Gasteiger partial charge >= 0.3 is 5.97 Å². The molecular weight excluding hydrogens is 398 g/mol. The summed E-state index contributed by atoms with van der Waals surface area (Å²) in [4.78, 5) is 15.0. The number of esters is 1. The van der Waals surface area contributed by atoms with Gasteiger partial charge in [0.1, 0.15) is 24.4 Å². The van der Waals surface area contributed by atoms with Gasteiger partial charge < -0.3 is 39.7 Å². The van der Waals surface area contributed by atoms with E-state index >= 15 is 0 Å². The van der Waals surface area contributed by atoms with E-state index in [9.17, 15) is 30.3 Å². The van der Waals surface area contributed by atoms with Crippen LogP contribution in [0.3, 0.4) is 0 Å². The second-order valence-electron chi connectivity index (χ2n) is 7.96. The number of ether oxygens (including phenoxy) is 3. The largest absolute Gasteiger partial charge is 0.504 e. The summed E-state index contributed by atoms with van der Waals surface area (Å²) in [7, 11) is 1.28. The van der Waals surface area contributed by atoms with Gasteiger partial charge in [-0.2, -0.15) is 0 Å². The highest BCUT2D eigenvalue weighted by Gasteiger charge is 2.53. The topological polar surface area (TPSA) is 149 Å². The number of hydrogen-bond acceptors (Lipinski definition) is 10. The minimum Gasteiger partial charge on any atom is -0.504 e. The molecule has 0 aromatic heterocycles. The number of methoxy groups -OCH3 is 1. The van der Waals surface area contributed by atoms with E-state index in [-0.39, 0.29) is 34.7 Å². The molecule has 3 aliphatic rings. The van der Waals surface area contributed by atoms with Gasteiger partial charge in [-0.25, -0.2) is 4.79 Å². The van der Waals surface area contributed by atoms with Crippen LogP contribution in [-0.4, -0.2) is 87.6 Å². The van der Waals surface area contributed by atoms with Crippen LogP contribution in [0, 0.1) is 0 Å². The van der Waals surface area contributed by atoms with Crippen molar-refractivity contribution >= 4 is 5.97 Å². The van der Waals surface area contributed by atoms with Crippen LogP contribution < -0.4 is 4.74 Å². The van der Waals surface area contributed by atoms with Crippen LogP contribution in [0.25, 0.3) is 0 Å². The van der Waals surface area contributed by atoms with Crippen LogP contribution in [-0.2, 0) is 16.0 Å². The maximum Gasteiger partial charge on any atom is 0.339 e. The molecule has 5 N–H and O–H groups in total. The van der Waals surface area contributed by atoms with E-state index < -0.39 is 48.8 Å². The molecule has 5 atom stereocenters. The van der Waals surface area contributed by atoms with Gasteiger partial charge in [0, 0.05) is 17.7 Å². The Morgan fingerprint density at radius 1 is 1.10 bits per heavy atom. The number of piperidine rings is 1. The standard InChI is InChI=1S/C20H27NO9/c1-28-18-13(23)9(7-21-5-3-2-4-6-21)11-12(15(18)25)17-19(30-20(11)27)16(26)14(24)10(8-22)29-17/h10,14,16-17,19,22-26H,2-8H2,1H3/t10-,14-,16+,17-,19-/m1/s1. The number of fused-ring (bicyclic) bond motifs is 3. The molecule has 0 bridgehead atoms. The number of phenols is 2. The Morgan fingerprint density at radius 3 is 2.43 bits per heavy atom. The maximum atomic E-state index is 12.9. The van der Waals surface area contributed by atoms with Crippen LogP contribution in [0.5, 0.6) is 17.2 Å². The molecule has 10 heteroatoms.